The first-order valence-corrected chi connectivity index (χ1v) is 8.90. The van der Waals surface area contributed by atoms with Crippen LogP contribution in [-0.4, -0.2) is 11.5 Å². The van der Waals surface area contributed by atoms with Crippen LogP contribution in [0.2, 0.25) is 0 Å². The molecule has 2 heterocycles. The first-order chi connectivity index (χ1) is 13.5. The van der Waals surface area contributed by atoms with Crippen molar-refractivity contribution in [1.82, 2.24) is 4.98 Å². The van der Waals surface area contributed by atoms with Gasteiger partial charge in [0.15, 0.2) is 0 Å². The number of benzene rings is 2. The number of anilines is 2. The molecule has 0 bridgehead atoms. The summed E-state index contributed by atoms with van der Waals surface area (Å²) in [6, 6.07) is 15.2. The number of fused-ring (bicyclic) bond motifs is 1. The van der Waals surface area contributed by atoms with E-state index in [1.165, 1.54) is 6.07 Å². The summed E-state index contributed by atoms with van der Waals surface area (Å²) in [6.45, 7) is 0.618. The standard InChI is InChI=1S/C22H16F3N3/c23-22(24,25)20-12-17(9-8-15(20)13-26)28-11-3-6-19-18(5-1-7-21(19)28)16-4-2-10-27-14-16/h1-2,4-5,7-10,12,14H,3,6,11H2. The fourth-order valence-corrected chi connectivity index (χ4v) is 3.72. The van der Waals surface area contributed by atoms with Crippen molar-refractivity contribution in [2.24, 2.45) is 0 Å². The molecule has 0 atom stereocenters. The van der Waals surface area contributed by atoms with Crippen molar-refractivity contribution in [2.45, 2.75) is 19.0 Å². The third kappa shape index (κ3) is 3.20. The van der Waals surface area contributed by atoms with Gasteiger partial charge in [0, 0.05) is 35.9 Å². The van der Waals surface area contributed by atoms with Gasteiger partial charge in [-0.25, -0.2) is 0 Å². The fourth-order valence-electron chi connectivity index (χ4n) is 3.72. The Labute approximate surface area is 160 Å². The summed E-state index contributed by atoms with van der Waals surface area (Å²) in [5.41, 5.74) is 3.19. The van der Waals surface area contributed by atoms with Gasteiger partial charge in [0.2, 0.25) is 0 Å². The first-order valence-electron chi connectivity index (χ1n) is 8.90. The highest BCUT2D eigenvalue weighted by molar-refractivity contribution is 5.78. The van der Waals surface area contributed by atoms with E-state index in [0.717, 1.165) is 41.3 Å². The molecule has 0 fully saturated rings. The lowest BCUT2D eigenvalue weighted by molar-refractivity contribution is -0.137. The highest BCUT2D eigenvalue weighted by Gasteiger charge is 2.34. The zero-order valence-corrected chi connectivity index (χ0v) is 14.9. The molecule has 140 valence electrons. The Morgan fingerprint density at radius 3 is 2.64 bits per heavy atom. The van der Waals surface area contributed by atoms with Crippen LogP contribution in [-0.2, 0) is 12.6 Å². The molecule has 0 radical (unpaired) electrons. The summed E-state index contributed by atoms with van der Waals surface area (Å²) in [5, 5.41) is 9.03. The summed E-state index contributed by atoms with van der Waals surface area (Å²) in [5.74, 6) is 0. The van der Waals surface area contributed by atoms with Gasteiger partial charge in [0.1, 0.15) is 0 Å². The van der Waals surface area contributed by atoms with Crippen LogP contribution in [0.15, 0.2) is 60.9 Å². The van der Waals surface area contributed by atoms with Crippen LogP contribution >= 0.6 is 0 Å². The van der Waals surface area contributed by atoms with Crippen LogP contribution in [0, 0.1) is 11.3 Å². The second kappa shape index (κ2) is 7.01. The highest BCUT2D eigenvalue weighted by atomic mass is 19.4. The van der Waals surface area contributed by atoms with Crippen LogP contribution < -0.4 is 4.90 Å². The third-order valence-corrected chi connectivity index (χ3v) is 4.96. The quantitative estimate of drug-likeness (QED) is 0.571. The van der Waals surface area contributed by atoms with Gasteiger partial charge in [-0.1, -0.05) is 18.2 Å². The summed E-state index contributed by atoms with van der Waals surface area (Å²) in [7, 11) is 0. The highest BCUT2D eigenvalue weighted by Crippen LogP contribution is 2.41. The first kappa shape index (κ1) is 18.1. The summed E-state index contributed by atoms with van der Waals surface area (Å²) >= 11 is 0. The van der Waals surface area contributed by atoms with Gasteiger partial charge in [0.05, 0.1) is 17.2 Å². The number of nitriles is 1. The van der Waals surface area contributed by atoms with E-state index in [1.807, 2.05) is 35.2 Å². The van der Waals surface area contributed by atoms with Crippen molar-refractivity contribution in [3.05, 3.63) is 77.6 Å². The Kier molecular flexibility index (Phi) is 4.52. The molecule has 2 aromatic carbocycles. The van der Waals surface area contributed by atoms with Crippen molar-refractivity contribution >= 4 is 11.4 Å². The van der Waals surface area contributed by atoms with Crippen molar-refractivity contribution in [1.29, 1.82) is 5.26 Å². The Bertz CT molecular complexity index is 1050. The van der Waals surface area contributed by atoms with E-state index in [2.05, 4.69) is 4.98 Å². The van der Waals surface area contributed by atoms with Crippen LogP contribution in [0.5, 0.6) is 0 Å². The van der Waals surface area contributed by atoms with Crippen LogP contribution in [0.25, 0.3) is 11.1 Å². The molecule has 3 nitrogen and oxygen atoms in total. The minimum atomic E-state index is -4.57. The second-order valence-electron chi connectivity index (χ2n) is 6.64. The topological polar surface area (TPSA) is 39.9 Å². The molecule has 0 unspecified atom stereocenters. The normalized spacial score (nSPS) is 13.7. The van der Waals surface area contributed by atoms with Gasteiger partial charge in [-0.2, -0.15) is 18.4 Å². The lowest BCUT2D eigenvalue weighted by atomic mass is 9.92. The number of hydrogen-bond acceptors (Lipinski definition) is 3. The van der Waals surface area contributed by atoms with Gasteiger partial charge >= 0.3 is 6.18 Å². The number of nitrogens with zero attached hydrogens (tertiary/aromatic N) is 3. The summed E-state index contributed by atoms with van der Waals surface area (Å²) < 4.78 is 40.2. The minimum absolute atomic E-state index is 0.363. The minimum Gasteiger partial charge on any atom is -0.341 e. The Morgan fingerprint density at radius 1 is 1.07 bits per heavy atom. The molecule has 6 heteroatoms. The molecule has 0 aliphatic carbocycles. The Morgan fingerprint density at radius 2 is 1.93 bits per heavy atom. The van der Waals surface area contributed by atoms with E-state index in [0.29, 0.717) is 12.2 Å². The van der Waals surface area contributed by atoms with E-state index in [4.69, 9.17) is 5.26 Å². The van der Waals surface area contributed by atoms with Gasteiger partial charge < -0.3 is 4.90 Å². The maximum Gasteiger partial charge on any atom is 0.417 e. The Balaban J connectivity index is 1.83. The van der Waals surface area contributed by atoms with Crippen LogP contribution in [0.4, 0.5) is 24.5 Å². The molecule has 0 amide bonds. The molecular formula is C22H16F3N3. The van der Waals surface area contributed by atoms with E-state index in [9.17, 15) is 13.2 Å². The smallest absolute Gasteiger partial charge is 0.341 e. The number of rotatable bonds is 2. The van der Waals surface area contributed by atoms with Gasteiger partial charge in [-0.3, -0.25) is 4.98 Å². The molecule has 1 aliphatic heterocycles. The number of hydrogen-bond donors (Lipinski definition) is 0. The van der Waals surface area contributed by atoms with Gasteiger partial charge in [-0.05, 0) is 54.3 Å². The van der Waals surface area contributed by atoms with Crippen LogP contribution in [0.3, 0.4) is 0 Å². The molecular weight excluding hydrogens is 363 g/mol. The average Bonchev–Trinajstić information content (AvgIpc) is 2.72. The molecule has 28 heavy (non-hydrogen) atoms. The average molecular weight is 379 g/mol. The van der Waals surface area contributed by atoms with E-state index in [1.54, 1.807) is 24.5 Å². The molecule has 4 rings (SSSR count). The zero-order valence-electron chi connectivity index (χ0n) is 14.9. The Hall–Kier alpha value is -3.33. The molecule has 0 saturated carbocycles. The molecule has 1 aliphatic rings. The van der Waals surface area contributed by atoms with E-state index >= 15 is 0 Å². The number of alkyl halides is 3. The second-order valence-corrected chi connectivity index (χ2v) is 6.64. The molecule has 0 saturated heterocycles. The predicted octanol–water partition coefficient (Wildman–Crippen LogP) is 5.72. The number of pyridine rings is 1. The summed E-state index contributed by atoms with van der Waals surface area (Å²) in [6.07, 6.45) is 0.598. The summed E-state index contributed by atoms with van der Waals surface area (Å²) in [4.78, 5) is 6.07. The molecule has 1 aromatic heterocycles. The van der Waals surface area contributed by atoms with Crippen LogP contribution in [0.1, 0.15) is 23.1 Å². The maximum atomic E-state index is 13.4. The predicted molar refractivity (Wildman–Crippen MR) is 101 cm³/mol. The lowest BCUT2D eigenvalue weighted by Crippen LogP contribution is -2.25. The van der Waals surface area contributed by atoms with Crippen molar-refractivity contribution in [3.63, 3.8) is 0 Å². The van der Waals surface area contributed by atoms with Crippen molar-refractivity contribution in [3.8, 4) is 17.2 Å². The fraction of sp³-hybridized carbons (Fsp3) is 0.182. The largest absolute Gasteiger partial charge is 0.417 e. The molecule has 0 spiro atoms. The van der Waals surface area contributed by atoms with Gasteiger partial charge in [-0.15, -0.1) is 0 Å². The molecule has 3 aromatic rings. The van der Waals surface area contributed by atoms with Crippen molar-refractivity contribution in [2.75, 3.05) is 11.4 Å². The third-order valence-electron chi connectivity index (χ3n) is 4.96. The van der Waals surface area contributed by atoms with Gasteiger partial charge in [0.25, 0.3) is 0 Å². The SMILES string of the molecule is N#Cc1ccc(N2CCCc3c(-c4cccnc4)cccc32)cc1C(F)(F)F. The van der Waals surface area contributed by atoms with E-state index < -0.39 is 11.7 Å². The van der Waals surface area contributed by atoms with E-state index in [-0.39, 0.29) is 5.56 Å². The van der Waals surface area contributed by atoms with Crippen molar-refractivity contribution < 1.29 is 13.2 Å². The zero-order chi connectivity index (χ0) is 19.7. The number of halogens is 3. The molecule has 0 N–H and O–H groups in total. The maximum absolute atomic E-state index is 13.4. The lowest BCUT2D eigenvalue weighted by Gasteiger charge is -2.33. The monoisotopic (exact) mass is 379 g/mol. The number of aromatic nitrogens is 1.